The highest BCUT2D eigenvalue weighted by Gasteiger charge is 2.14. The molecule has 0 bridgehead atoms. The molecule has 0 aliphatic rings. The highest BCUT2D eigenvalue weighted by Crippen LogP contribution is 2.18. The monoisotopic (exact) mass is 252 g/mol. The molecule has 0 unspecified atom stereocenters. The maximum Gasteiger partial charge on any atom is 0.254 e. The van der Waals surface area contributed by atoms with Gasteiger partial charge in [0.05, 0.1) is 0 Å². The maximum atomic E-state index is 12.1. The van der Waals surface area contributed by atoms with Crippen LogP contribution in [0.2, 0.25) is 5.15 Å². The SMILES string of the molecule is C=CCN(C)C(=O)c1cc(Cl)nc(C(C)C)c1. The summed E-state index contributed by atoms with van der Waals surface area (Å²) in [6.45, 7) is 8.15. The number of nitrogens with zero attached hydrogens (tertiary/aromatic N) is 2. The second kappa shape index (κ2) is 5.82. The predicted octanol–water partition coefficient (Wildman–Crippen LogP) is 3.12. The van der Waals surface area contributed by atoms with E-state index in [9.17, 15) is 4.79 Å². The zero-order chi connectivity index (χ0) is 13.0. The molecule has 0 spiro atoms. The molecule has 0 aromatic carbocycles. The van der Waals surface area contributed by atoms with Crippen molar-refractivity contribution in [1.82, 2.24) is 9.88 Å². The van der Waals surface area contributed by atoms with E-state index < -0.39 is 0 Å². The molecule has 1 aromatic rings. The average molecular weight is 253 g/mol. The van der Waals surface area contributed by atoms with Crippen LogP contribution in [0.25, 0.3) is 0 Å². The molecule has 1 rings (SSSR count). The Labute approximate surface area is 107 Å². The van der Waals surface area contributed by atoms with Crippen molar-refractivity contribution < 1.29 is 4.79 Å². The van der Waals surface area contributed by atoms with Crippen molar-refractivity contribution in [2.75, 3.05) is 13.6 Å². The Morgan fingerprint density at radius 3 is 2.76 bits per heavy atom. The third-order valence-electron chi connectivity index (χ3n) is 2.40. The van der Waals surface area contributed by atoms with E-state index in [-0.39, 0.29) is 11.8 Å². The summed E-state index contributed by atoms with van der Waals surface area (Å²) < 4.78 is 0. The van der Waals surface area contributed by atoms with Gasteiger partial charge in [-0.05, 0) is 18.1 Å². The minimum absolute atomic E-state index is 0.0731. The van der Waals surface area contributed by atoms with Gasteiger partial charge in [0.25, 0.3) is 5.91 Å². The molecule has 0 N–H and O–H groups in total. The van der Waals surface area contributed by atoms with Crippen LogP contribution in [0.4, 0.5) is 0 Å². The lowest BCUT2D eigenvalue weighted by molar-refractivity contribution is 0.0810. The van der Waals surface area contributed by atoms with Crippen molar-refractivity contribution in [1.29, 1.82) is 0 Å². The molecule has 0 aliphatic carbocycles. The molecule has 4 heteroatoms. The van der Waals surface area contributed by atoms with Gasteiger partial charge in [0.2, 0.25) is 0 Å². The predicted molar refractivity (Wildman–Crippen MR) is 70.5 cm³/mol. The van der Waals surface area contributed by atoms with Gasteiger partial charge in [-0.2, -0.15) is 0 Å². The van der Waals surface area contributed by atoms with Crippen molar-refractivity contribution in [2.24, 2.45) is 0 Å². The van der Waals surface area contributed by atoms with Crippen molar-refractivity contribution in [3.05, 3.63) is 41.2 Å². The first kappa shape index (κ1) is 13.7. The number of halogens is 1. The van der Waals surface area contributed by atoms with Crippen LogP contribution in [0.3, 0.4) is 0 Å². The van der Waals surface area contributed by atoms with Crippen LogP contribution in [0.5, 0.6) is 0 Å². The molecule has 0 atom stereocenters. The third kappa shape index (κ3) is 3.56. The Kier molecular flexibility index (Phi) is 4.70. The molecular weight excluding hydrogens is 236 g/mol. The standard InChI is InChI=1S/C13H17ClN2O/c1-5-6-16(4)13(17)10-7-11(9(2)3)15-12(14)8-10/h5,7-9H,1,6H2,2-4H3. The first-order valence-electron chi connectivity index (χ1n) is 5.49. The number of hydrogen-bond donors (Lipinski definition) is 0. The minimum atomic E-state index is -0.0731. The normalized spacial score (nSPS) is 10.4. The van der Waals surface area contributed by atoms with Gasteiger partial charge in [-0.15, -0.1) is 6.58 Å². The molecule has 0 saturated heterocycles. The van der Waals surface area contributed by atoms with Gasteiger partial charge in [0.15, 0.2) is 0 Å². The second-order valence-corrected chi connectivity index (χ2v) is 4.62. The van der Waals surface area contributed by atoms with E-state index >= 15 is 0 Å². The van der Waals surface area contributed by atoms with E-state index in [0.29, 0.717) is 17.3 Å². The van der Waals surface area contributed by atoms with Crippen LogP contribution in [-0.4, -0.2) is 29.4 Å². The van der Waals surface area contributed by atoms with E-state index in [4.69, 9.17) is 11.6 Å². The minimum Gasteiger partial charge on any atom is -0.338 e. The Balaban J connectivity index is 3.05. The number of carbonyl (C=O) groups is 1. The summed E-state index contributed by atoms with van der Waals surface area (Å²) in [5.41, 5.74) is 1.39. The van der Waals surface area contributed by atoms with Crippen LogP contribution in [0.1, 0.15) is 35.8 Å². The molecule has 0 fully saturated rings. The Morgan fingerprint density at radius 2 is 2.24 bits per heavy atom. The summed E-state index contributed by atoms with van der Waals surface area (Å²) in [5, 5.41) is 0.353. The number of aromatic nitrogens is 1. The summed E-state index contributed by atoms with van der Waals surface area (Å²) in [7, 11) is 1.73. The summed E-state index contributed by atoms with van der Waals surface area (Å²) in [6, 6.07) is 3.38. The smallest absolute Gasteiger partial charge is 0.254 e. The number of rotatable bonds is 4. The van der Waals surface area contributed by atoms with Crippen LogP contribution in [0, 0.1) is 0 Å². The number of pyridine rings is 1. The fraction of sp³-hybridized carbons (Fsp3) is 0.385. The van der Waals surface area contributed by atoms with Crippen molar-refractivity contribution in [3.63, 3.8) is 0 Å². The number of likely N-dealkylation sites (N-methyl/N-ethyl adjacent to an activating group) is 1. The Bertz CT molecular complexity index is 429. The summed E-state index contributed by atoms with van der Waals surface area (Å²) >= 11 is 5.92. The molecule has 92 valence electrons. The van der Waals surface area contributed by atoms with Crippen LogP contribution in [-0.2, 0) is 0 Å². The summed E-state index contributed by atoms with van der Waals surface area (Å²) in [4.78, 5) is 17.8. The fourth-order valence-electron chi connectivity index (χ4n) is 1.43. The highest BCUT2D eigenvalue weighted by molar-refractivity contribution is 6.29. The van der Waals surface area contributed by atoms with Gasteiger partial charge in [-0.1, -0.05) is 31.5 Å². The largest absolute Gasteiger partial charge is 0.338 e. The van der Waals surface area contributed by atoms with Crippen molar-refractivity contribution >= 4 is 17.5 Å². The van der Waals surface area contributed by atoms with Gasteiger partial charge >= 0.3 is 0 Å². The molecule has 0 radical (unpaired) electrons. The Hall–Kier alpha value is -1.35. The Morgan fingerprint density at radius 1 is 1.59 bits per heavy atom. The van der Waals surface area contributed by atoms with E-state index in [1.54, 1.807) is 30.2 Å². The number of carbonyl (C=O) groups excluding carboxylic acids is 1. The highest BCUT2D eigenvalue weighted by atomic mass is 35.5. The summed E-state index contributed by atoms with van der Waals surface area (Å²) in [6.07, 6.45) is 1.68. The zero-order valence-electron chi connectivity index (χ0n) is 10.4. The first-order chi connectivity index (χ1) is 7.95. The van der Waals surface area contributed by atoms with E-state index in [1.807, 2.05) is 13.8 Å². The lowest BCUT2D eigenvalue weighted by atomic mass is 10.1. The molecule has 1 heterocycles. The average Bonchev–Trinajstić information content (AvgIpc) is 2.27. The van der Waals surface area contributed by atoms with Gasteiger partial charge in [0.1, 0.15) is 5.15 Å². The van der Waals surface area contributed by atoms with Crippen molar-refractivity contribution in [3.8, 4) is 0 Å². The molecule has 0 saturated carbocycles. The second-order valence-electron chi connectivity index (χ2n) is 4.23. The van der Waals surface area contributed by atoms with Gasteiger partial charge < -0.3 is 4.90 Å². The topological polar surface area (TPSA) is 33.2 Å². The molecule has 0 aliphatic heterocycles. The zero-order valence-corrected chi connectivity index (χ0v) is 11.2. The van der Waals surface area contributed by atoms with E-state index in [2.05, 4.69) is 11.6 Å². The maximum absolute atomic E-state index is 12.1. The van der Waals surface area contributed by atoms with Gasteiger partial charge in [-0.25, -0.2) is 4.98 Å². The quantitative estimate of drug-likeness (QED) is 0.609. The molecular formula is C13H17ClN2O. The van der Waals surface area contributed by atoms with Gasteiger partial charge in [-0.3, -0.25) is 4.79 Å². The van der Waals surface area contributed by atoms with Crippen LogP contribution >= 0.6 is 11.6 Å². The lowest BCUT2D eigenvalue weighted by Gasteiger charge is -2.16. The van der Waals surface area contributed by atoms with Crippen LogP contribution < -0.4 is 0 Å². The van der Waals surface area contributed by atoms with Gasteiger partial charge in [0, 0.05) is 24.8 Å². The third-order valence-corrected chi connectivity index (χ3v) is 2.60. The number of amides is 1. The molecule has 1 aromatic heterocycles. The lowest BCUT2D eigenvalue weighted by Crippen LogP contribution is -2.26. The van der Waals surface area contributed by atoms with E-state index in [0.717, 1.165) is 5.69 Å². The molecule has 17 heavy (non-hydrogen) atoms. The first-order valence-corrected chi connectivity index (χ1v) is 5.87. The molecule has 3 nitrogen and oxygen atoms in total. The fourth-order valence-corrected chi connectivity index (χ4v) is 1.65. The molecule has 1 amide bonds. The summed E-state index contributed by atoms with van der Waals surface area (Å²) in [5.74, 6) is 0.168. The van der Waals surface area contributed by atoms with Crippen molar-refractivity contribution in [2.45, 2.75) is 19.8 Å². The van der Waals surface area contributed by atoms with E-state index in [1.165, 1.54) is 0 Å². The van der Waals surface area contributed by atoms with Crippen LogP contribution in [0.15, 0.2) is 24.8 Å². The number of hydrogen-bond acceptors (Lipinski definition) is 2.